The van der Waals surface area contributed by atoms with Crippen LogP contribution < -0.4 is 5.32 Å². The molecule has 0 aliphatic carbocycles. The zero-order valence-corrected chi connectivity index (χ0v) is 16.6. The van der Waals surface area contributed by atoms with Gasteiger partial charge in [0.1, 0.15) is 16.3 Å². The van der Waals surface area contributed by atoms with E-state index in [9.17, 15) is 4.79 Å². The normalized spacial score (nSPS) is 11.3. The van der Waals surface area contributed by atoms with E-state index in [1.807, 2.05) is 52.7 Å². The molecule has 1 aromatic carbocycles. The number of pyridine rings is 1. The second-order valence-corrected chi connectivity index (χ2v) is 7.59. The van der Waals surface area contributed by atoms with Crippen molar-refractivity contribution in [2.45, 2.75) is 19.9 Å². The molecule has 5 aromatic rings. The van der Waals surface area contributed by atoms with Crippen LogP contribution in [0.1, 0.15) is 28.1 Å². The molecule has 0 spiro atoms. The fourth-order valence-corrected chi connectivity index (χ4v) is 4.12. The zero-order chi connectivity index (χ0) is 19.8. The van der Waals surface area contributed by atoms with Gasteiger partial charge in [-0.25, -0.2) is 9.97 Å². The highest BCUT2D eigenvalue weighted by molar-refractivity contribution is 7.09. The third kappa shape index (κ3) is 3.07. The van der Waals surface area contributed by atoms with E-state index in [1.54, 1.807) is 28.1 Å². The summed E-state index contributed by atoms with van der Waals surface area (Å²) in [6.07, 6.45) is 6.00. The number of aryl methyl sites for hydroxylation is 1. The van der Waals surface area contributed by atoms with Crippen LogP contribution in [0.25, 0.3) is 16.6 Å². The van der Waals surface area contributed by atoms with Crippen LogP contribution in [-0.2, 0) is 13.0 Å². The Balaban J connectivity index is 1.54. The van der Waals surface area contributed by atoms with Gasteiger partial charge in [-0.2, -0.15) is 5.10 Å². The molecule has 144 valence electrons. The summed E-state index contributed by atoms with van der Waals surface area (Å²) in [4.78, 5) is 21.7. The predicted molar refractivity (Wildman–Crippen MR) is 113 cm³/mol. The number of aromatic nitrogens is 5. The molecule has 0 aliphatic heterocycles. The first-order chi connectivity index (χ1) is 14.2. The molecule has 0 saturated heterocycles. The van der Waals surface area contributed by atoms with Crippen molar-refractivity contribution in [3.63, 3.8) is 0 Å². The van der Waals surface area contributed by atoms with Crippen molar-refractivity contribution in [3.05, 3.63) is 76.8 Å². The molecule has 0 atom stereocenters. The van der Waals surface area contributed by atoms with Crippen LogP contribution >= 0.6 is 11.3 Å². The molecule has 0 radical (unpaired) electrons. The summed E-state index contributed by atoms with van der Waals surface area (Å²) in [5.41, 5.74) is 3.91. The van der Waals surface area contributed by atoms with Gasteiger partial charge in [-0.1, -0.05) is 19.1 Å². The predicted octanol–water partition coefficient (Wildman–Crippen LogP) is 4.00. The average Bonchev–Trinajstić information content (AvgIpc) is 3.47. The Labute approximate surface area is 170 Å². The third-order valence-corrected chi connectivity index (χ3v) is 5.62. The number of thiazole rings is 1. The lowest BCUT2D eigenvalue weighted by Gasteiger charge is -2.08. The quantitative estimate of drug-likeness (QED) is 0.482. The fourth-order valence-electron chi connectivity index (χ4n) is 3.53. The summed E-state index contributed by atoms with van der Waals surface area (Å²) in [6.45, 7) is 2.68. The van der Waals surface area contributed by atoms with Crippen LogP contribution in [0.3, 0.4) is 0 Å². The molecule has 1 N–H and O–H groups in total. The standard InChI is InChI=1S/C21H18N6OS/c1-2-14-20-15(24-21(28)17-12-23-18-8-3-4-10-26(17)18)6-5-7-16(20)27(25-14)13-19-22-9-11-29-19/h3-12H,2,13H2,1H3,(H,24,28). The lowest BCUT2D eigenvalue weighted by molar-refractivity contribution is 0.102. The highest BCUT2D eigenvalue weighted by Crippen LogP contribution is 2.28. The van der Waals surface area contributed by atoms with Gasteiger partial charge in [-0.15, -0.1) is 11.3 Å². The van der Waals surface area contributed by atoms with Gasteiger partial charge >= 0.3 is 0 Å². The van der Waals surface area contributed by atoms with Crippen molar-refractivity contribution in [1.82, 2.24) is 24.1 Å². The van der Waals surface area contributed by atoms with Gasteiger partial charge < -0.3 is 5.32 Å². The van der Waals surface area contributed by atoms with Crippen LogP contribution in [0.2, 0.25) is 0 Å². The molecule has 0 bridgehead atoms. The number of carbonyl (C=O) groups excluding carboxylic acids is 1. The lowest BCUT2D eigenvalue weighted by atomic mass is 10.1. The molecule has 4 aromatic heterocycles. The molecule has 1 amide bonds. The van der Waals surface area contributed by atoms with Crippen molar-refractivity contribution < 1.29 is 4.79 Å². The van der Waals surface area contributed by atoms with Crippen molar-refractivity contribution >= 4 is 39.5 Å². The number of nitrogens with zero attached hydrogens (tertiary/aromatic N) is 5. The summed E-state index contributed by atoms with van der Waals surface area (Å²) in [5.74, 6) is -0.203. The number of nitrogens with one attached hydrogen (secondary N) is 1. The van der Waals surface area contributed by atoms with Crippen molar-refractivity contribution in [2.24, 2.45) is 0 Å². The Morgan fingerprint density at radius 3 is 2.93 bits per heavy atom. The number of imidazole rings is 1. The molecule has 0 unspecified atom stereocenters. The van der Waals surface area contributed by atoms with Crippen molar-refractivity contribution in [3.8, 4) is 0 Å². The van der Waals surface area contributed by atoms with Crippen molar-refractivity contribution in [1.29, 1.82) is 0 Å². The maximum Gasteiger partial charge on any atom is 0.274 e. The van der Waals surface area contributed by atoms with E-state index in [0.717, 1.165) is 39.4 Å². The summed E-state index contributed by atoms with van der Waals surface area (Å²) in [5, 5.41) is 11.8. The van der Waals surface area contributed by atoms with E-state index in [2.05, 4.69) is 22.2 Å². The van der Waals surface area contributed by atoms with Gasteiger partial charge in [-0.3, -0.25) is 13.9 Å². The molecule has 5 rings (SSSR count). The topological polar surface area (TPSA) is 77.1 Å². The number of rotatable bonds is 5. The smallest absolute Gasteiger partial charge is 0.274 e. The minimum Gasteiger partial charge on any atom is -0.320 e. The number of benzene rings is 1. The number of carbonyl (C=O) groups is 1. The molecule has 7 nitrogen and oxygen atoms in total. The second kappa shape index (κ2) is 7.14. The minimum absolute atomic E-state index is 0.203. The Hall–Kier alpha value is -3.52. The number of fused-ring (bicyclic) bond motifs is 2. The Morgan fingerprint density at radius 1 is 1.17 bits per heavy atom. The Kier molecular flexibility index (Phi) is 4.33. The summed E-state index contributed by atoms with van der Waals surface area (Å²) >= 11 is 1.61. The molecular weight excluding hydrogens is 384 g/mol. The molecule has 29 heavy (non-hydrogen) atoms. The summed E-state index contributed by atoms with van der Waals surface area (Å²) in [7, 11) is 0. The maximum atomic E-state index is 13.0. The van der Waals surface area contributed by atoms with Gasteiger partial charge in [0.05, 0.1) is 29.6 Å². The third-order valence-electron chi connectivity index (χ3n) is 4.85. The maximum absolute atomic E-state index is 13.0. The van der Waals surface area contributed by atoms with Crippen LogP contribution in [0.5, 0.6) is 0 Å². The van der Waals surface area contributed by atoms with E-state index in [0.29, 0.717) is 12.2 Å². The molecule has 0 saturated carbocycles. The minimum atomic E-state index is -0.203. The highest BCUT2D eigenvalue weighted by atomic mass is 32.1. The van der Waals surface area contributed by atoms with Crippen LogP contribution in [0.4, 0.5) is 5.69 Å². The summed E-state index contributed by atoms with van der Waals surface area (Å²) in [6, 6.07) is 11.5. The van der Waals surface area contributed by atoms with Gasteiger partial charge in [-0.05, 0) is 30.7 Å². The number of hydrogen-bond acceptors (Lipinski definition) is 5. The first-order valence-corrected chi connectivity index (χ1v) is 10.2. The van der Waals surface area contributed by atoms with Gasteiger partial charge in [0.2, 0.25) is 0 Å². The van der Waals surface area contributed by atoms with Crippen LogP contribution in [-0.4, -0.2) is 30.1 Å². The molecule has 4 heterocycles. The first-order valence-electron chi connectivity index (χ1n) is 9.35. The average molecular weight is 402 g/mol. The zero-order valence-electron chi connectivity index (χ0n) is 15.7. The van der Waals surface area contributed by atoms with Crippen LogP contribution in [0.15, 0.2) is 60.4 Å². The SMILES string of the molecule is CCc1nn(Cc2nccs2)c2cccc(NC(=O)c3cnc4ccccn34)c12. The fraction of sp³-hybridized carbons (Fsp3) is 0.143. The van der Waals surface area contributed by atoms with Crippen LogP contribution in [0, 0.1) is 0 Å². The monoisotopic (exact) mass is 402 g/mol. The van der Waals surface area contributed by atoms with Crippen molar-refractivity contribution in [2.75, 3.05) is 5.32 Å². The van der Waals surface area contributed by atoms with E-state index < -0.39 is 0 Å². The Bertz CT molecular complexity index is 1320. The lowest BCUT2D eigenvalue weighted by Crippen LogP contribution is -2.14. The van der Waals surface area contributed by atoms with Gasteiger partial charge in [0, 0.05) is 23.2 Å². The van der Waals surface area contributed by atoms with E-state index in [-0.39, 0.29) is 5.91 Å². The molecule has 0 aliphatic rings. The number of anilines is 1. The highest BCUT2D eigenvalue weighted by Gasteiger charge is 2.18. The largest absolute Gasteiger partial charge is 0.320 e. The number of hydrogen-bond donors (Lipinski definition) is 1. The summed E-state index contributed by atoms with van der Waals surface area (Å²) < 4.78 is 3.74. The molecule has 0 fully saturated rings. The molecular formula is C21H18N6OS. The van der Waals surface area contributed by atoms with E-state index in [1.165, 1.54) is 0 Å². The number of amides is 1. The van der Waals surface area contributed by atoms with Gasteiger partial charge in [0.25, 0.3) is 5.91 Å². The second-order valence-electron chi connectivity index (χ2n) is 6.61. The molecule has 8 heteroatoms. The van der Waals surface area contributed by atoms with E-state index >= 15 is 0 Å². The van der Waals surface area contributed by atoms with Gasteiger partial charge in [0.15, 0.2) is 0 Å². The van der Waals surface area contributed by atoms with E-state index in [4.69, 9.17) is 5.10 Å². The Morgan fingerprint density at radius 2 is 2.10 bits per heavy atom. The first kappa shape index (κ1) is 17.6.